The Morgan fingerprint density at radius 1 is 1.21 bits per heavy atom. The molecule has 7 nitrogen and oxygen atoms in total. The number of amides is 1. The van der Waals surface area contributed by atoms with Crippen molar-refractivity contribution in [2.75, 3.05) is 37.6 Å². The molecule has 0 spiro atoms. The van der Waals surface area contributed by atoms with Crippen LogP contribution < -0.4 is 16.0 Å². The van der Waals surface area contributed by atoms with Gasteiger partial charge in [-0.15, -0.1) is 24.0 Å². The lowest BCUT2D eigenvalue weighted by Crippen LogP contribution is -2.52. The lowest BCUT2D eigenvalue weighted by molar-refractivity contribution is 0.0972. The highest BCUT2D eigenvalue weighted by Crippen LogP contribution is 2.20. The van der Waals surface area contributed by atoms with E-state index in [-0.39, 0.29) is 35.6 Å². The van der Waals surface area contributed by atoms with Crippen LogP contribution in [0, 0.1) is 5.82 Å². The van der Waals surface area contributed by atoms with Gasteiger partial charge in [-0.2, -0.15) is 0 Å². The van der Waals surface area contributed by atoms with E-state index in [0.717, 1.165) is 25.6 Å². The summed E-state index contributed by atoms with van der Waals surface area (Å²) in [5.41, 5.74) is 5.83. The van der Waals surface area contributed by atoms with Crippen molar-refractivity contribution >= 4 is 41.5 Å². The molecule has 0 bridgehead atoms. The van der Waals surface area contributed by atoms with Crippen LogP contribution in [0.3, 0.4) is 0 Å². The van der Waals surface area contributed by atoms with Crippen molar-refractivity contribution in [3.63, 3.8) is 0 Å². The topological polar surface area (TPSA) is 87.1 Å². The first-order chi connectivity index (χ1) is 13.1. The number of hydrogen-bond donors (Lipinski definition) is 2. The second kappa shape index (κ2) is 10.3. The van der Waals surface area contributed by atoms with Gasteiger partial charge in [0.15, 0.2) is 11.7 Å². The Balaban J connectivity index is 0.00000280. The minimum atomic E-state index is -0.596. The number of hydrogen-bond acceptors (Lipinski definition) is 4. The van der Waals surface area contributed by atoms with Crippen LogP contribution in [0.2, 0.25) is 0 Å². The molecule has 1 aliphatic rings. The largest absolute Gasteiger partial charge is 0.454 e. The lowest BCUT2D eigenvalue weighted by Gasteiger charge is -2.37. The molecular formula is C19H25FIN5O2. The molecule has 9 heteroatoms. The minimum absolute atomic E-state index is 0. The van der Waals surface area contributed by atoms with E-state index in [1.807, 2.05) is 17.9 Å². The molecule has 2 aromatic rings. The highest BCUT2D eigenvalue weighted by atomic mass is 127. The first kappa shape index (κ1) is 22.0. The van der Waals surface area contributed by atoms with Gasteiger partial charge >= 0.3 is 0 Å². The van der Waals surface area contributed by atoms with Gasteiger partial charge in [0.2, 0.25) is 0 Å². The van der Waals surface area contributed by atoms with Gasteiger partial charge in [-0.05, 0) is 31.2 Å². The molecule has 28 heavy (non-hydrogen) atoms. The van der Waals surface area contributed by atoms with E-state index < -0.39 is 5.91 Å². The van der Waals surface area contributed by atoms with E-state index in [0.29, 0.717) is 31.1 Å². The molecule has 1 aliphatic heterocycles. The van der Waals surface area contributed by atoms with Gasteiger partial charge in [0.05, 0.1) is 5.69 Å². The third kappa shape index (κ3) is 5.37. The van der Waals surface area contributed by atoms with E-state index in [9.17, 15) is 9.18 Å². The van der Waals surface area contributed by atoms with E-state index in [1.54, 1.807) is 24.3 Å². The monoisotopic (exact) mass is 501 g/mol. The van der Waals surface area contributed by atoms with E-state index in [4.69, 9.17) is 10.2 Å². The minimum Gasteiger partial charge on any atom is -0.454 e. The maximum Gasteiger partial charge on any atom is 0.284 e. The van der Waals surface area contributed by atoms with Crippen molar-refractivity contribution in [1.82, 2.24) is 10.2 Å². The number of benzene rings is 1. The fourth-order valence-corrected chi connectivity index (χ4v) is 3.04. The number of aliphatic imine (C=N–C) groups is 1. The summed E-state index contributed by atoms with van der Waals surface area (Å²) in [6.07, 6.45) is 0. The normalized spacial score (nSPS) is 14.6. The van der Waals surface area contributed by atoms with Crippen molar-refractivity contribution < 1.29 is 13.6 Å². The summed E-state index contributed by atoms with van der Waals surface area (Å²) in [4.78, 5) is 19.9. The van der Waals surface area contributed by atoms with Gasteiger partial charge in [-0.25, -0.2) is 9.38 Å². The van der Waals surface area contributed by atoms with Crippen molar-refractivity contribution in [1.29, 1.82) is 0 Å². The van der Waals surface area contributed by atoms with E-state index >= 15 is 0 Å². The third-order valence-corrected chi connectivity index (χ3v) is 4.40. The molecule has 0 atom stereocenters. The molecule has 1 saturated heterocycles. The third-order valence-electron chi connectivity index (χ3n) is 4.40. The second-order valence-corrected chi connectivity index (χ2v) is 6.23. The standard InChI is InChI=1S/C19H24FN5O2.HI/c1-2-22-19(23-13-14-7-8-17(27-14)18(21)26)25-11-9-24(10-12-25)16-6-4-3-5-15(16)20;/h3-8H,2,9-13H2,1H3,(H2,21,26)(H,22,23);1H. The van der Waals surface area contributed by atoms with Crippen LogP contribution in [0.15, 0.2) is 45.8 Å². The predicted octanol–water partition coefficient (Wildman–Crippen LogP) is 2.42. The molecule has 0 radical (unpaired) electrons. The molecule has 2 heterocycles. The zero-order valence-corrected chi connectivity index (χ0v) is 18.1. The Morgan fingerprint density at radius 3 is 2.54 bits per heavy atom. The smallest absolute Gasteiger partial charge is 0.284 e. The summed E-state index contributed by atoms with van der Waals surface area (Å²) in [6, 6.07) is 10.1. The van der Waals surface area contributed by atoms with Crippen molar-refractivity contribution in [3.8, 4) is 0 Å². The number of para-hydroxylation sites is 1. The summed E-state index contributed by atoms with van der Waals surface area (Å²) < 4.78 is 19.4. The lowest BCUT2D eigenvalue weighted by atomic mass is 10.2. The maximum absolute atomic E-state index is 14.0. The summed E-state index contributed by atoms with van der Waals surface area (Å²) in [7, 11) is 0. The molecule has 152 valence electrons. The number of halogens is 2. The Kier molecular flexibility index (Phi) is 8.09. The molecule has 1 fully saturated rings. The zero-order valence-electron chi connectivity index (χ0n) is 15.7. The van der Waals surface area contributed by atoms with Gasteiger partial charge in [0.1, 0.15) is 18.1 Å². The summed E-state index contributed by atoms with van der Waals surface area (Å²) >= 11 is 0. The van der Waals surface area contributed by atoms with Crippen molar-refractivity contribution in [2.24, 2.45) is 10.7 Å². The number of nitrogens with one attached hydrogen (secondary N) is 1. The molecular weight excluding hydrogens is 476 g/mol. The number of guanidine groups is 1. The molecule has 0 aliphatic carbocycles. The van der Waals surface area contributed by atoms with E-state index in [2.05, 4.69) is 15.2 Å². The number of nitrogens with two attached hydrogens (primary N) is 1. The molecule has 3 rings (SSSR count). The summed E-state index contributed by atoms with van der Waals surface area (Å²) in [5, 5.41) is 3.27. The van der Waals surface area contributed by atoms with Crippen LogP contribution in [0.1, 0.15) is 23.2 Å². The van der Waals surface area contributed by atoms with Crippen LogP contribution in [0.25, 0.3) is 0 Å². The number of carbonyl (C=O) groups excluding carboxylic acids is 1. The molecule has 0 saturated carbocycles. The number of primary amides is 1. The number of piperazine rings is 1. The maximum atomic E-state index is 14.0. The van der Waals surface area contributed by atoms with Crippen molar-refractivity contribution in [2.45, 2.75) is 13.5 Å². The van der Waals surface area contributed by atoms with Crippen LogP contribution in [0.5, 0.6) is 0 Å². The Bertz CT molecular complexity index is 818. The molecule has 0 unspecified atom stereocenters. The van der Waals surface area contributed by atoms with Crippen LogP contribution >= 0.6 is 24.0 Å². The SMILES string of the molecule is CCNC(=NCc1ccc(C(N)=O)o1)N1CCN(c2ccccc2F)CC1.I. The quantitative estimate of drug-likeness (QED) is 0.374. The first-order valence-corrected chi connectivity index (χ1v) is 8.99. The first-order valence-electron chi connectivity index (χ1n) is 8.99. The molecule has 1 aromatic carbocycles. The van der Waals surface area contributed by atoms with Gasteiger partial charge in [0.25, 0.3) is 5.91 Å². The van der Waals surface area contributed by atoms with Gasteiger partial charge < -0.3 is 25.3 Å². The Hall–Kier alpha value is -2.30. The number of furan rings is 1. The van der Waals surface area contributed by atoms with E-state index in [1.165, 1.54) is 6.07 Å². The van der Waals surface area contributed by atoms with Crippen LogP contribution in [-0.4, -0.2) is 49.5 Å². The van der Waals surface area contributed by atoms with Crippen LogP contribution in [0.4, 0.5) is 10.1 Å². The Labute approximate surface area is 180 Å². The number of anilines is 1. The average molecular weight is 501 g/mol. The second-order valence-electron chi connectivity index (χ2n) is 6.23. The van der Waals surface area contributed by atoms with Gasteiger partial charge in [-0.3, -0.25) is 4.79 Å². The Morgan fingerprint density at radius 2 is 1.93 bits per heavy atom. The highest BCUT2D eigenvalue weighted by molar-refractivity contribution is 14.0. The van der Waals surface area contributed by atoms with Gasteiger partial charge in [0, 0.05) is 32.7 Å². The number of nitrogens with zero attached hydrogens (tertiary/aromatic N) is 3. The molecule has 1 amide bonds. The predicted molar refractivity (Wildman–Crippen MR) is 118 cm³/mol. The number of rotatable bonds is 5. The van der Waals surface area contributed by atoms with Crippen LogP contribution in [-0.2, 0) is 6.54 Å². The highest BCUT2D eigenvalue weighted by Gasteiger charge is 2.21. The van der Waals surface area contributed by atoms with Gasteiger partial charge in [-0.1, -0.05) is 12.1 Å². The fraction of sp³-hybridized carbons (Fsp3) is 0.368. The zero-order chi connectivity index (χ0) is 19.2. The summed E-state index contributed by atoms with van der Waals surface area (Å²) in [6.45, 7) is 5.91. The molecule has 3 N–H and O–H groups in total. The number of carbonyl (C=O) groups is 1. The average Bonchev–Trinajstić information content (AvgIpc) is 3.15. The fourth-order valence-electron chi connectivity index (χ4n) is 3.04. The summed E-state index contributed by atoms with van der Waals surface area (Å²) in [5.74, 6) is 0.673. The van der Waals surface area contributed by atoms with Crippen molar-refractivity contribution in [3.05, 3.63) is 53.7 Å². The molecule has 1 aromatic heterocycles.